The summed E-state index contributed by atoms with van der Waals surface area (Å²) in [6.45, 7) is 1.75. The Labute approximate surface area is 109 Å². The van der Waals surface area contributed by atoms with Gasteiger partial charge >= 0.3 is 0 Å². The Hall–Kier alpha value is -2.56. The maximum atomic E-state index is 12.4. The third kappa shape index (κ3) is 1.79. The average Bonchev–Trinajstić information content (AvgIpc) is 2.82. The topological polar surface area (TPSA) is 62.2 Å². The average molecular weight is 256 g/mol. The predicted molar refractivity (Wildman–Crippen MR) is 69.7 cm³/mol. The van der Waals surface area contributed by atoms with Crippen LogP contribution in [-0.4, -0.2) is 12.3 Å². The minimum atomic E-state index is 0.466. The van der Waals surface area contributed by atoms with Gasteiger partial charge in [-0.3, -0.25) is 0 Å². The van der Waals surface area contributed by atoms with Crippen molar-refractivity contribution in [3.05, 3.63) is 47.3 Å². The second-order valence-corrected chi connectivity index (χ2v) is 4.22. The quantitative estimate of drug-likeness (QED) is 0.522. The molecule has 0 bridgehead atoms. The van der Waals surface area contributed by atoms with Gasteiger partial charge in [-0.1, -0.05) is 5.16 Å². The van der Waals surface area contributed by atoms with Gasteiger partial charge in [0.1, 0.15) is 5.75 Å². The fourth-order valence-corrected chi connectivity index (χ4v) is 2.06. The van der Waals surface area contributed by atoms with Gasteiger partial charge in [-0.05, 0) is 37.3 Å². The summed E-state index contributed by atoms with van der Waals surface area (Å²) in [4.78, 5) is 0. The SMILES string of the molecule is COc1ccc(-c2ccc3onc(C)c3[n+]2[O-])cc1. The van der Waals surface area contributed by atoms with Crippen LogP contribution in [0.25, 0.3) is 22.4 Å². The minimum Gasteiger partial charge on any atom is -0.618 e. The molecule has 96 valence electrons. The van der Waals surface area contributed by atoms with Crippen LogP contribution < -0.4 is 9.47 Å². The molecule has 3 aromatic rings. The number of methoxy groups -OCH3 is 1. The highest BCUT2D eigenvalue weighted by Crippen LogP contribution is 2.22. The number of hydrogen-bond donors (Lipinski definition) is 0. The molecule has 3 rings (SSSR count). The molecule has 0 unspecified atom stereocenters. The molecule has 0 fully saturated rings. The van der Waals surface area contributed by atoms with Gasteiger partial charge in [-0.2, -0.15) is 4.73 Å². The Morgan fingerprint density at radius 1 is 1.16 bits per heavy atom. The van der Waals surface area contributed by atoms with Gasteiger partial charge in [0, 0.05) is 11.6 Å². The van der Waals surface area contributed by atoms with Crippen molar-refractivity contribution in [1.82, 2.24) is 5.16 Å². The molecule has 0 spiro atoms. The van der Waals surface area contributed by atoms with Crippen molar-refractivity contribution in [3.8, 4) is 17.0 Å². The Morgan fingerprint density at radius 2 is 1.89 bits per heavy atom. The number of ether oxygens (including phenoxy) is 1. The van der Waals surface area contributed by atoms with E-state index < -0.39 is 0 Å². The zero-order valence-corrected chi connectivity index (χ0v) is 10.6. The highest BCUT2D eigenvalue weighted by molar-refractivity contribution is 5.73. The third-order valence-corrected chi connectivity index (χ3v) is 3.06. The maximum absolute atomic E-state index is 12.4. The van der Waals surface area contributed by atoms with Crippen LogP contribution in [0, 0.1) is 12.1 Å². The Bertz CT molecular complexity index is 732. The lowest BCUT2D eigenvalue weighted by Crippen LogP contribution is -2.30. The zero-order chi connectivity index (χ0) is 13.4. The lowest BCUT2D eigenvalue weighted by Gasteiger charge is -2.06. The number of fused-ring (bicyclic) bond motifs is 1. The summed E-state index contributed by atoms with van der Waals surface area (Å²) in [7, 11) is 1.61. The van der Waals surface area contributed by atoms with Crippen LogP contribution in [0.4, 0.5) is 0 Å². The van der Waals surface area contributed by atoms with Gasteiger partial charge in [-0.25, -0.2) is 0 Å². The van der Waals surface area contributed by atoms with Gasteiger partial charge < -0.3 is 14.5 Å². The normalized spacial score (nSPS) is 10.8. The predicted octanol–water partition coefficient (Wildman–Crippen LogP) is 2.45. The van der Waals surface area contributed by atoms with E-state index in [0.29, 0.717) is 22.5 Å². The molecule has 2 aromatic heterocycles. The molecule has 0 aliphatic rings. The van der Waals surface area contributed by atoms with Crippen molar-refractivity contribution >= 4 is 11.1 Å². The molecule has 2 heterocycles. The van der Waals surface area contributed by atoms with E-state index >= 15 is 0 Å². The number of benzene rings is 1. The third-order valence-electron chi connectivity index (χ3n) is 3.06. The molecule has 0 amide bonds. The number of hydrogen-bond acceptors (Lipinski definition) is 4. The van der Waals surface area contributed by atoms with E-state index in [-0.39, 0.29) is 0 Å². The lowest BCUT2D eigenvalue weighted by molar-refractivity contribution is -0.565. The van der Waals surface area contributed by atoms with E-state index in [1.54, 1.807) is 26.2 Å². The van der Waals surface area contributed by atoms with E-state index in [2.05, 4.69) is 5.16 Å². The van der Waals surface area contributed by atoms with E-state index in [0.717, 1.165) is 16.0 Å². The van der Waals surface area contributed by atoms with E-state index in [1.165, 1.54) is 0 Å². The van der Waals surface area contributed by atoms with Crippen molar-refractivity contribution in [2.24, 2.45) is 0 Å². The number of aryl methyl sites for hydroxylation is 1. The van der Waals surface area contributed by atoms with E-state index in [4.69, 9.17) is 9.26 Å². The first kappa shape index (κ1) is 11.5. The van der Waals surface area contributed by atoms with Crippen LogP contribution in [0.5, 0.6) is 5.75 Å². The molecule has 0 aliphatic carbocycles. The molecule has 0 atom stereocenters. The van der Waals surface area contributed by atoms with Gasteiger partial charge in [-0.15, -0.1) is 0 Å². The second-order valence-electron chi connectivity index (χ2n) is 4.22. The smallest absolute Gasteiger partial charge is 0.287 e. The Kier molecular flexibility index (Phi) is 2.59. The molecular formula is C14H12N2O3. The van der Waals surface area contributed by atoms with Gasteiger partial charge in [0.15, 0.2) is 5.69 Å². The Balaban J connectivity index is 2.18. The standard InChI is InChI=1S/C14H12N2O3/c1-9-14-13(19-15-9)8-7-12(16(14)17)10-3-5-11(18-2)6-4-10/h3-8H,1-2H3. The molecule has 0 saturated carbocycles. The molecule has 0 N–H and O–H groups in total. The van der Waals surface area contributed by atoms with Crippen LogP contribution in [0.3, 0.4) is 0 Å². The van der Waals surface area contributed by atoms with E-state index in [9.17, 15) is 5.21 Å². The Morgan fingerprint density at radius 3 is 2.58 bits per heavy atom. The van der Waals surface area contributed by atoms with Crippen LogP contribution >= 0.6 is 0 Å². The van der Waals surface area contributed by atoms with Crippen LogP contribution in [0.2, 0.25) is 0 Å². The molecule has 0 radical (unpaired) electrons. The minimum absolute atomic E-state index is 0.466. The van der Waals surface area contributed by atoms with Crippen molar-refractivity contribution in [3.63, 3.8) is 0 Å². The number of rotatable bonds is 2. The molecule has 0 saturated heterocycles. The van der Waals surface area contributed by atoms with E-state index in [1.807, 2.05) is 24.3 Å². The van der Waals surface area contributed by atoms with Crippen molar-refractivity contribution in [2.45, 2.75) is 6.92 Å². The maximum Gasteiger partial charge on any atom is 0.287 e. The molecule has 19 heavy (non-hydrogen) atoms. The fraction of sp³-hybridized carbons (Fsp3) is 0.143. The van der Waals surface area contributed by atoms with Crippen LogP contribution in [-0.2, 0) is 0 Å². The fourth-order valence-electron chi connectivity index (χ4n) is 2.06. The summed E-state index contributed by atoms with van der Waals surface area (Å²) < 4.78 is 11.0. The largest absolute Gasteiger partial charge is 0.618 e. The summed E-state index contributed by atoms with van der Waals surface area (Å²) >= 11 is 0. The summed E-state index contributed by atoms with van der Waals surface area (Å²) in [5.74, 6) is 0.753. The van der Waals surface area contributed by atoms with Gasteiger partial charge in [0.2, 0.25) is 11.3 Å². The van der Waals surface area contributed by atoms with Gasteiger partial charge in [0.05, 0.1) is 7.11 Å². The molecule has 1 aromatic carbocycles. The molecule has 5 heteroatoms. The highest BCUT2D eigenvalue weighted by atomic mass is 16.5. The summed E-state index contributed by atoms with van der Waals surface area (Å²) in [5.41, 5.74) is 2.91. The van der Waals surface area contributed by atoms with Gasteiger partial charge in [0.25, 0.3) is 5.52 Å². The first-order chi connectivity index (χ1) is 9.20. The van der Waals surface area contributed by atoms with Crippen LogP contribution in [0.1, 0.15) is 5.69 Å². The molecule has 0 aliphatic heterocycles. The molecular weight excluding hydrogens is 244 g/mol. The highest BCUT2D eigenvalue weighted by Gasteiger charge is 2.18. The zero-order valence-electron chi connectivity index (χ0n) is 10.6. The van der Waals surface area contributed by atoms with Crippen LogP contribution in [0.15, 0.2) is 40.9 Å². The second kappa shape index (κ2) is 4.28. The summed E-state index contributed by atoms with van der Waals surface area (Å²) in [5, 5.41) is 16.2. The van der Waals surface area contributed by atoms with Crippen molar-refractivity contribution in [1.29, 1.82) is 0 Å². The number of pyridine rings is 1. The first-order valence-electron chi connectivity index (χ1n) is 5.83. The summed E-state index contributed by atoms with van der Waals surface area (Å²) in [6.07, 6.45) is 0. The lowest BCUT2D eigenvalue weighted by atomic mass is 10.1. The monoisotopic (exact) mass is 256 g/mol. The molecule has 5 nitrogen and oxygen atoms in total. The summed E-state index contributed by atoms with van der Waals surface area (Å²) in [6, 6.07) is 10.8. The number of aromatic nitrogens is 2. The van der Waals surface area contributed by atoms with Crippen molar-refractivity contribution < 1.29 is 14.0 Å². The first-order valence-corrected chi connectivity index (χ1v) is 5.83. The van der Waals surface area contributed by atoms with Crippen molar-refractivity contribution in [2.75, 3.05) is 7.11 Å². The number of nitrogens with zero attached hydrogens (tertiary/aromatic N) is 2.